The van der Waals surface area contributed by atoms with Gasteiger partial charge in [-0.2, -0.15) is 0 Å². The van der Waals surface area contributed by atoms with E-state index in [1.54, 1.807) is 0 Å². The minimum atomic E-state index is -0.462. The summed E-state index contributed by atoms with van der Waals surface area (Å²) in [5.74, 6) is 1.54. The van der Waals surface area contributed by atoms with Crippen molar-refractivity contribution in [2.75, 3.05) is 29.9 Å². The summed E-state index contributed by atoms with van der Waals surface area (Å²) in [6, 6.07) is 8.34. The molecule has 4 aromatic rings. The Balaban J connectivity index is 1.30. The number of piperazine rings is 1. The van der Waals surface area contributed by atoms with E-state index in [2.05, 4.69) is 55.8 Å². The first-order chi connectivity index (χ1) is 17.3. The van der Waals surface area contributed by atoms with Crippen molar-refractivity contribution in [1.29, 1.82) is 0 Å². The van der Waals surface area contributed by atoms with Gasteiger partial charge in [0.1, 0.15) is 17.3 Å². The first-order valence-electron chi connectivity index (χ1n) is 12.6. The number of pyridine rings is 1. The van der Waals surface area contributed by atoms with Crippen LogP contribution in [0.15, 0.2) is 36.7 Å². The summed E-state index contributed by atoms with van der Waals surface area (Å²) >= 11 is 0. The van der Waals surface area contributed by atoms with Crippen LogP contribution in [0.2, 0.25) is 0 Å². The maximum absolute atomic E-state index is 15.0. The fourth-order valence-electron chi connectivity index (χ4n) is 5.46. The third-order valence-electron chi connectivity index (χ3n) is 7.33. The molecule has 1 aromatic carbocycles. The molecule has 3 aromatic heterocycles. The van der Waals surface area contributed by atoms with Crippen LogP contribution < -0.4 is 15.5 Å². The summed E-state index contributed by atoms with van der Waals surface area (Å²) in [4.78, 5) is 20.4. The Morgan fingerprint density at radius 2 is 2.00 bits per heavy atom. The quantitative estimate of drug-likeness (QED) is 0.438. The summed E-state index contributed by atoms with van der Waals surface area (Å²) in [6.45, 7) is 11.5. The normalized spacial score (nSPS) is 19.0. The Kier molecular flexibility index (Phi) is 5.40. The summed E-state index contributed by atoms with van der Waals surface area (Å²) in [5.41, 5.74) is 5.03. The highest BCUT2D eigenvalue weighted by atomic mass is 19.1. The molecule has 186 valence electrons. The van der Waals surface area contributed by atoms with Gasteiger partial charge in [0.15, 0.2) is 5.82 Å². The zero-order chi connectivity index (χ0) is 25.0. The number of imidazole rings is 1. The number of rotatable bonds is 4. The molecular weight excluding hydrogens is 455 g/mol. The second-order valence-corrected chi connectivity index (χ2v) is 10.6. The van der Waals surface area contributed by atoms with Crippen molar-refractivity contribution in [1.82, 2.24) is 29.8 Å². The minimum absolute atomic E-state index is 0.0212. The van der Waals surface area contributed by atoms with E-state index in [4.69, 9.17) is 4.98 Å². The standard InChI is InChI=1S/C27H31FN8/c1-16-11-18(12-21-24(16)33-23-7-8-27(3,4)36(21)23)25-20(28)14-31-26(34-25)32-22-6-5-19(13-30-22)35-10-9-29-17(2)15-35/h5-6,11-14,17,29H,7-10,15H2,1-4H3,(H,30,31,32,34)/t17-/m0/s1. The molecule has 0 saturated carbocycles. The summed E-state index contributed by atoms with van der Waals surface area (Å²) in [7, 11) is 0. The van der Waals surface area contributed by atoms with Crippen molar-refractivity contribution in [3.63, 3.8) is 0 Å². The molecule has 6 rings (SSSR count). The SMILES string of the molecule is Cc1cc(-c2nc(Nc3ccc(N4CCN[C@@H](C)C4)cn3)ncc2F)cc2c1nc1n2C(C)(C)CC1. The van der Waals surface area contributed by atoms with Gasteiger partial charge in [0.25, 0.3) is 0 Å². The topological polar surface area (TPSA) is 83.8 Å². The number of aryl methyl sites for hydroxylation is 2. The van der Waals surface area contributed by atoms with E-state index in [1.807, 2.05) is 37.4 Å². The van der Waals surface area contributed by atoms with E-state index < -0.39 is 5.82 Å². The molecule has 2 aliphatic heterocycles. The molecule has 0 radical (unpaired) electrons. The van der Waals surface area contributed by atoms with E-state index in [1.165, 1.54) is 6.20 Å². The monoisotopic (exact) mass is 486 g/mol. The molecule has 2 N–H and O–H groups in total. The first-order valence-corrected chi connectivity index (χ1v) is 12.6. The zero-order valence-corrected chi connectivity index (χ0v) is 21.1. The molecule has 0 unspecified atom stereocenters. The second-order valence-electron chi connectivity index (χ2n) is 10.6. The molecule has 0 amide bonds. The molecule has 8 nitrogen and oxygen atoms in total. The number of hydrogen-bond donors (Lipinski definition) is 2. The summed E-state index contributed by atoms with van der Waals surface area (Å²) in [5, 5.41) is 6.58. The lowest BCUT2D eigenvalue weighted by Gasteiger charge is -2.33. The van der Waals surface area contributed by atoms with Gasteiger partial charge in [-0.05, 0) is 63.9 Å². The summed E-state index contributed by atoms with van der Waals surface area (Å²) in [6.07, 6.45) is 5.06. The number of nitrogens with zero attached hydrogens (tertiary/aromatic N) is 6. The maximum Gasteiger partial charge on any atom is 0.229 e. The number of halogens is 1. The fraction of sp³-hybridized carbons (Fsp3) is 0.407. The number of nitrogens with one attached hydrogen (secondary N) is 2. The van der Waals surface area contributed by atoms with E-state index in [-0.39, 0.29) is 11.2 Å². The van der Waals surface area contributed by atoms with Crippen LogP contribution in [-0.4, -0.2) is 50.2 Å². The van der Waals surface area contributed by atoms with E-state index in [0.717, 1.165) is 60.6 Å². The number of hydrogen-bond acceptors (Lipinski definition) is 7. The van der Waals surface area contributed by atoms with Crippen LogP contribution in [0, 0.1) is 12.7 Å². The Morgan fingerprint density at radius 3 is 2.78 bits per heavy atom. The first kappa shape index (κ1) is 22.8. The van der Waals surface area contributed by atoms with Gasteiger partial charge < -0.3 is 20.1 Å². The average molecular weight is 487 g/mol. The van der Waals surface area contributed by atoms with Gasteiger partial charge in [-0.3, -0.25) is 0 Å². The number of fused-ring (bicyclic) bond motifs is 3. The smallest absolute Gasteiger partial charge is 0.229 e. The van der Waals surface area contributed by atoms with Crippen LogP contribution in [-0.2, 0) is 12.0 Å². The van der Waals surface area contributed by atoms with Crippen molar-refractivity contribution in [2.45, 2.75) is 52.1 Å². The van der Waals surface area contributed by atoms with Crippen LogP contribution >= 0.6 is 0 Å². The minimum Gasteiger partial charge on any atom is -0.367 e. The number of aromatic nitrogens is 5. The number of benzene rings is 1. The molecule has 5 heterocycles. The highest BCUT2D eigenvalue weighted by molar-refractivity contribution is 5.86. The second kappa shape index (κ2) is 8.51. The fourth-order valence-corrected chi connectivity index (χ4v) is 5.46. The van der Waals surface area contributed by atoms with Crippen LogP contribution in [0.5, 0.6) is 0 Å². The Labute approximate surface area is 210 Å². The predicted octanol–water partition coefficient (Wildman–Crippen LogP) is 4.56. The zero-order valence-electron chi connectivity index (χ0n) is 21.1. The molecule has 0 bridgehead atoms. The van der Waals surface area contributed by atoms with Gasteiger partial charge in [-0.15, -0.1) is 0 Å². The Bertz CT molecular complexity index is 1440. The van der Waals surface area contributed by atoms with Crippen LogP contribution in [0.4, 0.5) is 21.8 Å². The highest BCUT2D eigenvalue weighted by Crippen LogP contribution is 2.38. The molecule has 1 fully saturated rings. The Morgan fingerprint density at radius 1 is 1.14 bits per heavy atom. The molecular formula is C27H31FN8. The largest absolute Gasteiger partial charge is 0.367 e. The molecule has 2 aliphatic rings. The van der Waals surface area contributed by atoms with E-state index >= 15 is 0 Å². The van der Waals surface area contributed by atoms with E-state index in [9.17, 15) is 4.39 Å². The maximum atomic E-state index is 15.0. The van der Waals surface area contributed by atoms with Gasteiger partial charge >= 0.3 is 0 Å². The lowest BCUT2D eigenvalue weighted by atomic mass is 10.0. The summed E-state index contributed by atoms with van der Waals surface area (Å²) < 4.78 is 17.3. The van der Waals surface area contributed by atoms with Crippen LogP contribution in [0.3, 0.4) is 0 Å². The van der Waals surface area contributed by atoms with Gasteiger partial charge in [0.2, 0.25) is 5.95 Å². The molecule has 1 atom stereocenters. The third kappa shape index (κ3) is 3.97. The predicted molar refractivity (Wildman–Crippen MR) is 140 cm³/mol. The molecule has 1 saturated heterocycles. The highest BCUT2D eigenvalue weighted by Gasteiger charge is 2.32. The van der Waals surface area contributed by atoms with Gasteiger partial charge in [-0.1, -0.05) is 0 Å². The van der Waals surface area contributed by atoms with E-state index in [0.29, 0.717) is 23.4 Å². The Hall–Kier alpha value is -3.59. The van der Waals surface area contributed by atoms with Crippen molar-refractivity contribution >= 4 is 28.5 Å². The van der Waals surface area contributed by atoms with Crippen molar-refractivity contribution in [3.8, 4) is 11.3 Å². The van der Waals surface area contributed by atoms with Crippen molar-refractivity contribution in [3.05, 3.63) is 53.9 Å². The van der Waals surface area contributed by atoms with Gasteiger partial charge in [0, 0.05) is 43.2 Å². The van der Waals surface area contributed by atoms with Crippen LogP contribution in [0.25, 0.3) is 22.3 Å². The number of anilines is 3. The van der Waals surface area contributed by atoms with Crippen molar-refractivity contribution in [2.24, 2.45) is 0 Å². The third-order valence-corrected chi connectivity index (χ3v) is 7.33. The lowest BCUT2D eigenvalue weighted by Crippen LogP contribution is -2.49. The van der Waals surface area contributed by atoms with Gasteiger partial charge in [0.05, 0.1) is 29.1 Å². The molecule has 9 heteroatoms. The molecule has 0 spiro atoms. The van der Waals surface area contributed by atoms with Crippen molar-refractivity contribution < 1.29 is 4.39 Å². The average Bonchev–Trinajstić information content (AvgIpc) is 3.38. The molecule has 36 heavy (non-hydrogen) atoms. The molecule has 0 aliphatic carbocycles. The lowest BCUT2D eigenvalue weighted by molar-refractivity contribution is 0.386. The van der Waals surface area contributed by atoms with Crippen LogP contribution in [0.1, 0.15) is 38.6 Å². The van der Waals surface area contributed by atoms with Gasteiger partial charge in [-0.25, -0.2) is 24.3 Å².